The minimum Gasteiger partial charge on any atom is -0.466 e. The molecule has 2 heterocycles. The molecular weight excluding hydrogens is 226 g/mol. The maximum atomic E-state index is 5.55. The Balaban J connectivity index is 2.11. The lowest BCUT2D eigenvalue weighted by Gasteiger charge is -2.12. The van der Waals surface area contributed by atoms with Crippen LogP contribution in [0.4, 0.5) is 5.82 Å². The number of rotatable bonds is 4. The van der Waals surface area contributed by atoms with E-state index in [1.54, 1.807) is 0 Å². The second-order valence-corrected chi connectivity index (χ2v) is 5.01. The predicted molar refractivity (Wildman–Crippen MR) is 72.8 cm³/mol. The third kappa shape index (κ3) is 2.58. The summed E-state index contributed by atoms with van der Waals surface area (Å²) in [5.41, 5.74) is 1.19. The molecule has 0 saturated carbocycles. The van der Waals surface area contributed by atoms with Crippen molar-refractivity contribution in [1.29, 1.82) is 0 Å². The van der Waals surface area contributed by atoms with Crippen molar-refractivity contribution in [2.45, 2.75) is 46.7 Å². The number of nitrogens with one attached hydrogen (secondary N) is 1. The summed E-state index contributed by atoms with van der Waals surface area (Å²) in [5.74, 6) is 2.81. The topological polar surface area (TPSA) is 43.0 Å². The number of aromatic nitrogens is 2. The highest BCUT2D eigenvalue weighted by atomic mass is 16.3. The van der Waals surface area contributed by atoms with Gasteiger partial charge in [-0.15, -0.1) is 0 Å². The van der Waals surface area contributed by atoms with Gasteiger partial charge in [0, 0.05) is 23.9 Å². The predicted octanol–water partition coefficient (Wildman–Crippen LogP) is 3.85. The molecule has 4 nitrogen and oxygen atoms in total. The van der Waals surface area contributed by atoms with Crippen LogP contribution in [0.15, 0.2) is 22.7 Å². The molecular formula is C14H21N3O. The van der Waals surface area contributed by atoms with Gasteiger partial charge in [0.15, 0.2) is 0 Å². The van der Waals surface area contributed by atoms with E-state index in [9.17, 15) is 0 Å². The van der Waals surface area contributed by atoms with Crippen LogP contribution in [0.2, 0.25) is 0 Å². The van der Waals surface area contributed by atoms with E-state index < -0.39 is 0 Å². The van der Waals surface area contributed by atoms with Gasteiger partial charge in [0.05, 0.1) is 6.04 Å². The van der Waals surface area contributed by atoms with E-state index in [2.05, 4.69) is 37.3 Å². The van der Waals surface area contributed by atoms with Gasteiger partial charge in [-0.2, -0.15) is 5.10 Å². The molecule has 0 fully saturated rings. The molecule has 1 unspecified atom stereocenters. The van der Waals surface area contributed by atoms with Crippen LogP contribution in [0.1, 0.15) is 49.9 Å². The molecule has 2 aromatic heterocycles. The van der Waals surface area contributed by atoms with Crippen molar-refractivity contribution in [3.8, 4) is 0 Å². The van der Waals surface area contributed by atoms with Crippen LogP contribution in [-0.2, 0) is 0 Å². The highest BCUT2D eigenvalue weighted by Crippen LogP contribution is 2.24. The largest absolute Gasteiger partial charge is 0.466 e. The third-order valence-corrected chi connectivity index (χ3v) is 3.05. The fourth-order valence-corrected chi connectivity index (χ4v) is 2.08. The maximum absolute atomic E-state index is 5.55. The van der Waals surface area contributed by atoms with Gasteiger partial charge < -0.3 is 9.73 Å². The van der Waals surface area contributed by atoms with Gasteiger partial charge in [0.2, 0.25) is 0 Å². The van der Waals surface area contributed by atoms with Gasteiger partial charge in [-0.1, -0.05) is 0 Å². The van der Waals surface area contributed by atoms with Gasteiger partial charge in [-0.25, -0.2) is 0 Å². The number of hydrogen-bond donors (Lipinski definition) is 1. The molecule has 2 aromatic rings. The van der Waals surface area contributed by atoms with E-state index in [4.69, 9.17) is 4.42 Å². The normalized spacial score (nSPS) is 13.0. The minimum absolute atomic E-state index is 0.193. The molecule has 0 radical (unpaired) electrons. The molecule has 2 rings (SSSR count). The molecule has 0 aliphatic rings. The standard InChI is InChI=1S/C14H21N3O/c1-9(2)17-7-6-14(16-17)15-11(4)13-8-10(3)18-12(13)5/h6-9,11H,1-5H3,(H,15,16). The Morgan fingerprint density at radius 1 is 1.28 bits per heavy atom. The molecule has 4 heteroatoms. The summed E-state index contributed by atoms with van der Waals surface area (Å²) in [7, 11) is 0. The van der Waals surface area contributed by atoms with Gasteiger partial charge >= 0.3 is 0 Å². The second-order valence-electron chi connectivity index (χ2n) is 5.01. The van der Waals surface area contributed by atoms with Crippen LogP contribution in [0.5, 0.6) is 0 Å². The molecule has 0 bridgehead atoms. The van der Waals surface area contributed by atoms with Crippen molar-refractivity contribution in [3.63, 3.8) is 0 Å². The molecule has 1 atom stereocenters. The van der Waals surface area contributed by atoms with Crippen molar-refractivity contribution in [1.82, 2.24) is 9.78 Å². The van der Waals surface area contributed by atoms with E-state index in [-0.39, 0.29) is 6.04 Å². The Labute approximate surface area is 108 Å². The molecule has 0 aliphatic carbocycles. The summed E-state index contributed by atoms with van der Waals surface area (Å²) >= 11 is 0. The van der Waals surface area contributed by atoms with Crippen molar-refractivity contribution < 1.29 is 4.42 Å². The summed E-state index contributed by atoms with van der Waals surface area (Å²) in [6, 6.07) is 4.65. The lowest BCUT2D eigenvalue weighted by molar-refractivity contribution is 0.499. The van der Waals surface area contributed by atoms with Crippen LogP contribution in [0.3, 0.4) is 0 Å². The molecule has 18 heavy (non-hydrogen) atoms. The lowest BCUT2D eigenvalue weighted by atomic mass is 10.1. The Kier molecular flexibility index (Phi) is 3.45. The summed E-state index contributed by atoms with van der Waals surface area (Å²) in [4.78, 5) is 0. The van der Waals surface area contributed by atoms with Crippen LogP contribution < -0.4 is 5.32 Å². The summed E-state index contributed by atoms with van der Waals surface area (Å²) in [6.45, 7) is 10.3. The van der Waals surface area contributed by atoms with Gasteiger partial charge in [0.1, 0.15) is 17.3 Å². The number of anilines is 1. The Morgan fingerprint density at radius 2 is 2.00 bits per heavy atom. The number of aryl methyl sites for hydroxylation is 2. The fourth-order valence-electron chi connectivity index (χ4n) is 2.08. The molecule has 0 aliphatic heterocycles. The van der Waals surface area contributed by atoms with Crippen LogP contribution in [0, 0.1) is 13.8 Å². The Bertz CT molecular complexity index is 525. The molecule has 98 valence electrons. The maximum Gasteiger partial charge on any atom is 0.148 e. The summed E-state index contributed by atoms with van der Waals surface area (Å²) < 4.78 is 7.50. The highest BCUT2D eigenvalue weighted by molar-refractivity contribution is 5.38. The third-order valence-electron chi connectivity index (χ3n) is 3.05. The number of hydrogen-bond acceptors (Lipinski definition) is 3. The van der Waals surface area contributed by atoms with Gasteiger partial charge in [0.25, 0.3) is 0 Å². The SMILES string of the molecule is Cc1cc(C(C)Nc2ccn(C(C)C)n2)c(C)o1. The van der Waals surface area contributed by atoms with E-state index in [1.165, 1.54) is 5.56 Å². The monoisotopic (exact) mass is 247 g/mol. The zero-order valence-corrected chi connectivity index (χ0v) is 11.7. The average Bonchev–Trinajstić information content (AvgIpc) is 2.85. The fraction of sp³-hybridized carbons (Fsp3) is 0.500. The van der Waals surface area contributed by atoms with E-state index >= 15 is 0 Å². The quantitative estimate of drug-likeness (QED) is 0.892. The minimum atomic E-state index is 0.193. The summed E-state index contributed by atoms with van der Waals surface area (Å²) in [6.07, 6.45) is 1.99. The van der Waals surface area contributed by atoms with E-state index in [0.717, 1.165) is 17.3 Å². The highest BCUT2D eigenvalue weighted by Gasteiger charge is 2.13. The lowest BCUT2D eigenvalue weighted by Crippen LogP contribution is -2.08. The molecule has 0 spiro atoms. The molecule has 0 aromatic carbocycles. The van der Waals surface area contributed by atoms with Gasteiger partial charge in [-0.3, -0.25) is 4.68 Å². The molecule has 1 N–H and O–H groups in total. The second kappa shape index (κ2) is 4.88. The zero-order valence-electron chi connectivity index (χ0n) is 11.7. The summed E-state index contributed by atoms with van der Waals surface area (Å²) in [5, 5.41) is 7.88. The smallest absolute Gasteiger partial charge is 0.148 e. The average molecular weight is 247 g/mol. The Hall–Kier alpha value is -1.71. The van der Waals surface area contributed by atoms with Crippen LogP contribution in [0.25, 0.3) is 0 Å². The number of furan rings is 1. The van der Waals surface area contributed by atoms with Crippen molar-refractivity contribution in [2.24, 2.45) is 0 Å². The van der Waals surface area contributed by atoms with Gasteiger partial charge in [-0.05, 0) is 40.7 Å². The Morgan fingerprint density at radius 3 is 2.50 bits per heavy atom. The van der Waals surface area contributed by atoms with Crippen molar-refractivity contribution >= 4 is 5.82 Å². The first-order chi connectivity index (χ1) is 8.47. The van der Waals surface area contributed by atoms with E-state index in [0.29, 0.717) is 6.04 Å². The first-order valence-electron chi connectivity index (χ1n) is 6.36. The zero-order chi connectivity index (χ0) is 13.3. The van der Waals surface area contributed by atoms with Crippen molar-refractivity contribution in [2.75, 3.05) is 5.32 Å². The molecule has 0 saturated heterocycles. The number of nitrogens with zero attached hydrogens (tertiary/aromatic N) is 2. The van der Waals surface area contributed by atoms with Crippen LogP contribution >= 0.6 is 0 Å². The van der Waals surface area contributed by atoms with E-state index in [1.807, 2.05) is 30.8 Å². The molecule has 0 amide bonds. The first kappa shape index (κ1) is 12.7. The first-order valence-corrected chi connectivity index (χ1v) is 6.36. The van der Waals surface area contributed by atoms with Crippen LogP contribution in [-0.4, -0.2) is 9.78 Å². The van der Waals surface area contributed by atoms with Crippen molar-refractivity contribution in [3.05, 3.63) is 35.4 Å².